The van der Waals surface area contributed by atoms with E-state index >= 15 is 0 Å². The number of nitrogens with zero attached hydrogens (tertiary/aromatic N) is 2. The second kappa shape index (κ2) is 6.51. The second-order valence-electron chi connectivity index (χ2n) is 6.16. The van der Waals surface area contributed by atoms with Crippen molar-refractivity contribution in [1.82, 2.24) is 9.78 Å². The highest BCUT2D eigenvalue weighted by molar-refractivity contribution is 5.85. The predicted octanol–water partition coefficient (Wildman–Crippen LogP) is 3.79. The molecule has 1 aromatic heterocycles. The van der Waals surface area contributed by atoms with Gasteiger partial charge in [-0.1, -0.05) is 25.1 Å². The Morgan fingerprint density at radius 1 is 1.46 bits per heavy atom. The Hall–Kier alpha value is -2.56. The number of esters is 1. The summed E-state index contributed by atoms with van der Waals surface area (Å²) in [6, 6.07) is 7.94. The molecule has 0 aliphatic heterocycles. The Labute approximate surface area is 142 Å². The maximum absolute atomic E-state index is 12.4. The molecule has 1 aliphatic carbocycles. The van der Waals surface area contributed by atoms with Gasteiger partial charge in [0.25, 0.3) is 0 Å². The van der Waals surface area contributed by atoms with E-state index in [-0.39, 0.29) is 5.97 Å². The molecule has 1 heterocycles. The number of aryl methyl sites for hydroxylation is 1. The highest BCUT2D eigenvalue weighted by Gasteiger charge is 2.47. The van der Waals surface area contributed by atoms with Crippen molar-refractivity contribution >= 4 is 23.6 Å². The standard InChI is InChI=1S/C19H23N3O2/c1-4-14-13-15(19(10-6-11-19)18(23)24-5-2)7-8-16(14)20-17-9-12-22(3)21-17/h4,7-9,12-13H,1,5-6,10-11H2,2-3H3,(H,20,21). The SMILES string of the molecule is C=Cc1cc(C2(C(=O)OCC)CCC2)ccc1Nc1ccn(C)n1. The minimum absolute atomic E-state index is 0.114. The van der Waals surface area contributed by atoms with Gasteiger partial charge >= 0.3 is 5.97 Å². The van der Waals surface area contributed by atoms with Crippen LogP contribution in [0.2, 0.25) is 0 Å². The van der Waals surface area contributed by atoms with Crippen molar-refractivity contribution in [3.05, 3.63) is 48.2 Å². The number of aromatic nitrogens is 2. The molecule has 0 bridgehead atoms. The lowest BCUT2D eigenvalue weighted by molar-refractivity contribution is -0.153. The van der Waals surface area contributed by atoms with Crippen LogP contribution in [-0.4, -0.2) is 22.4 Å². The molecule has 0 amide bonds. The van der Waals surface area contributed by atoms with E-state index in [2.05, 4.69) is 17.0 Å². The summed E-state index contributed by atoms with van der Waals surface area (Å²) in [6.45, 7) is 6.16. The third-order valence-corrected chi connectivity index (χ3v) is 4.67. The first-order chi connectivity index (χ1) is 11.6. The highest BCUT2D eigenvalue weighted by atomic mass is 16.5. The fourth-order valence-electron chi connectivity index (χ4n) is 3.17. The van der Waals surface area contributed by atoms with Gasteiger partial charge in [-0.3, -0.25) is 9.48 Å². The number of rotatable bonds is 6. The van der Waals surface area contributed by atoms with Gasteiger partial charge < -0.3 is 10.1 Å². The van der Waals surface area contributed by atoms with Crippen molar-refractivity contribution in [2.75, 3.05) is 11.9 Å². The molecule has 126 valence electrons. The molecule has 2 aromatic rings. The largest absolute Gasteiger partial charge is 0.465 e. The van der Waals surface area contributed by atoms with Gasteiger partial charge in [-0.15, -0.1) is 0 Å². The van der Waals surface area contributed by atoms with E-state index in [9.17, 15) is 4.79 Å². The van der Waals surface area contributed by atoms with Crippen molar-refractivity contribution in [3.63, 3.8) is 0 Å². The molecule has 3 rings (SSSR count). The summed E-state index contributed by atoms with van der Waals surface area (Å²) in [5.41, 5.74) is 2.39. The van der Waals surface area contributed by atoms with E-state index in [0.717, 1.165) is 41.9 Å². The van der Waals surface area contributed by atoms with Gasteiger partial charge in [-0.25, -0.2) is 0 Å². The van der Waals surface area contributed by atoms with Gasteiger partial charge in [0, 0.05) is 25.0 Å². The Morgan fingerprint density at radius 3 is 2.79 bits per heavy atom. The summed E-state index contributed by atoms with van der Waals surface area (Å²) in [5.74, 6) is 0.661. The van der Waals surface area contributed by atoms with Gasteiger partial charge in [-0.2, -0.15) is 5.10 Å². The third-order valence-electron chi connectivity index (χ3n) is 4.67. The average molecular weight is 325 g/mol. The maximum Gasteiger partial charge on any atom is 0.316 e. The number of hydrogen-bond donors (Lipinski definition) is 1. The molecular weight excluding hydrogens is 302 g/mol. The maximum atomic E-state index is 12.4. The van der Waals surface area contributed by atoms with Crippen LogP contribution < -0.4 is 5.32 Å². The van der Waals surface area contributed by atoms with Crippen LogP contribution in [0.4, 0.5) is 11.5 Å². The van der Waals surface area contributed by atoms with E-state index in [4.69, 9.17) is 4.74 Å². The molecular formula is C19H23N3O2. The first kappa shape index (κ1) is 16.3. The molecule has 1 saturated carbocycles. The molecule has 0 spiro atoms. The van der Waals surface area contributed by atoms with E-state index < -0.39 is 5.41 Å². The van der Waals surface area contributed by atoms with Crippen LogP contribution in [0.15, 0.2) is 37.0 Å². The first-order valence-corrected chi connectivity index (χ1v) is 8.30. The van der Waals surface area contributed by atoms with E-state index in [1.165, 1.54) is 0 Å². The Bertz CT molecular complexity index is 760. The molecule has 5 nitrogen and oxygen atoms in total. The zero-order valence-electron chi connectivity index (χ0n) is 14.2. The lowest BCUT2D eigenvalue weighted by Crippen LogP contribution is -2.43. The van der Waals surface area contributed by atoms with E-state index in [0.29, 0.717) is 6.61 Å². The molecule has 0 atom stereocenters. The summed E-state index contributed by atoms with van der Waals surface area (Å²) < 4.78 is 7.06. The van der Waals surface area contributed by atoms with E-state index in [1.54, 1.807) is 10.8 Å². The quantitative estimate of drug-likeness (QED) is 0.821. The number of carbonyl (C=O) groups is 1. The molecule has 1 aromatic carbocycles. The Morgan fingerprint density at radius 2 is 2.25 bits per heavy atom. The summed E-state index contributed by atoms with van der Waals surface area (Å²) in [7, 11) is 1.88. The van der Waals surface area contributed by atoms with Crippen LogP contribution >= 0.6 is 0 Å². The van der Waals surface area contributed by atoms with Crippen LogP contribution in [0.1, 0.15) is 37.3 Å². The third kappa shape index (κ3) is 2.82. The van der Waals surface area contributed by atoms with Crippen LogP contribution in [-0.2, 0) is 22.0 Å². The van der Waals surface area contributed by atoms with Crippen LogP contribution in [0.5, 0.6) is 0 Å². The number of anilines is 2. The number of ether oxygens (including phenoxy) is 1. The Kier molecular flexibility index (Phi) is 4.42. The van der Waals surface area contributed by atoms with Crippen molar-refractivity contribution in [2.45, 2.75) is 31.6 Å². The highest BCUT2D eigenvalue weighted by Crippen LogP contribution is 2.45. The minimum Gasteiger partial charge on any atom is -0.465 e. The normalized spacial score (nSPS) is 15.4. The molecule has 0 unspecified atom stereocenters. The van der Waals surface area contributed by atoms with Crippen LogP contribution in [0.3, 0.4) is 0 Å². The average Bonchev–Trinajstić information content (AvgIpc) is 2.93. The topological polar surface area (TPSA) is 56.1 Å². The van der Waals surface area contributed by atoms with Crippen LogP contribution in [0, 0.1) is 0 Å². The number of nitrogens with one attached hydrogen (secondary N) is 1. The zero-order chi connectivity index (χ0) is 17.2. The molecule has 0 saturated heterocycles. The van der Waals surface area contributed by atoms with Crippen molar-refractivity contribution in [2.24, 2.45) is 7.05 Å². The molecule has 0 radical (unpaired) electrons. The van der Waals surface area contributed by atoms with Gasteiger partial charge in [0.2, 0.25) is 0 Å². The number of hydrogen-bond acceptors (Lipinski definition) is 4. The number of carbonyl (C=O) groups excluding carboxylic acids is 1. The van der Waals surface area contributed by atoms with Gasteiger partial charge in [0.15, 0.2) is 5.82 Å². The zero-order valence-corrected chi connectivity index (χ0v) is 14.2. The fraction of sp³-hybridized carbons (Fsp3) is 0.368. The van der Waals surface area contributed by atoms with E-state index in [1.807, 2.05) is 44.4 Å². The summed E-state index contributed by atoms with van der Waals surface area (Å²) in [5, 5.41) is 7.62. The lowest BCUT2D eigenvalue weighted by Gasteiger charge is -2.39. The fourth-order valence-corrected chi connectivity index (χ4v) is 3.17. The number of benzene rings is 1. The van der Waals surface area contributed by atoms with Crippen molar-refractivity contribution < 1.29 is 9.53 Å². The lowest BCUT2D eigenvalue weighted by atomic mass is 9.64. The van der Waals surface area contributed by atoms with Gasteiger partial charge in [0.1, 0.15) is 0 Å². The Balaban J connectivity index is 1.91. The molecule has 24 heavy (non-hydrogen) atoms. The monoisotopic (exact) mass is 325 g/mol. The summed E-state index contributed by atoms with van der Waals surface area (Å²) in [4.78, 5) is 12.4. The summed E-state index contributed by atoms with van der Waals surface area (Å²) in [6.07, 6.45) is 6.42. The molecule has 1 aliphatic rings. The van der Waals surface area contributed by atoms with Crippen molar-refractivity contribution in [3.8, 4) is 0 Å². The van der Waals surface area contributed by atoms with Gasteiger partial charge in [-0.05, 0) is 43.0 Å². The molecule has 5 heteroatoms. The second-order valence-corrected chi connectivity index (χ2v) is 6.16. The molecule has 1 fully saturated rings. The van der Waals surface area contributed by atoms with Crippen LogP contribution in [0.25, 0.3) is 6.08 Å². The smallest absolute Gasteiger partial charge is 0.316 e. The van der Waals surface area contributed by atoms with Crippen molar-refractivity contribution in [1.29, 1.82) is 0 Å². The first-order valence-electron chi connectivity index (χ1n) is 8.30. The summed E-state index contributed by atoms with van der Waals surface area (Å²) >= 11 is 0. The predicted molar refractivity (Wildman–Crippen MR) is 95.2 cm³/mol. The molecule has 1 N–H and O–H groups in total. The van der Waals surface area contributed by atoms with Gasteiger partial charge in [0.05, 0.1) is 12.0 Å². The minimum atomic E-state index is -0.489.